The maximum Gasteiger partial charge on any atom is 0.128 e. The maximum atomic E-state index is 9.04. The molecule has 0 spiro atoms. The highest BCUT2D eigenvalue weighted by atomic mass is 32.2. The van der Waals surface area contributed by atoms with Gasteiger partial charge in [0.1, 0.15) is 5.82 Å². The number of rotatable bonds is 4. The Labute approximate surface area is 127 Å². The van der Waals surface area contributed by atoms with Gasteiger partial charge in [0, 0.05) is 21.6 Å². The van der Waals surface area contributed by atoms with E-state index in [1.165, 1.54) is 0 Å². The summed E-state index contributed by atoms with van der Waals surface area (Å²) in [4.78, 5) is 5.60. The Morgan fingerprint density at radius 2 is 1.81 bits per heavy atom. The van der Waals surface area contributed by atoms with Crippen LogP contribution in [0.25, 0.3) is 10.9 Å². The van der Waals surface area contributed by atoms with E-state index in [9.17, 15) is 0 Å². The van der Waals surface area contributed by atoms with Crippen molar-refractivity contribution in [2.45, 2.75) is 17.3 Å². The van der Waals surface area contributed by atoms with Crippen molar-refractivity contribution in [1.82, 2.24) is 4.98 Å². The number of nitrogens with two attached hydrogens (primary N) is 1. The lowest BCUT2D eigenvalue weighted by atomic mass is 10.1. The van der Waals surface area contributed by atoms with Crippen molar-refractivity contribution >= 4 is 28.5 Å². The molecule has 2 aromatic carbocycles. The van der Waals surface area contributed by atoms with Gasteiger partial charge in [0.25, 0.3) is 0 Å². The topological polar surface area (TPSA) is 59.1 Å². The summed E-state index contributed by atoms with van der Waals surface area (Å²) in [7, 11) is 0. The molecule has 1 heterocycles. The van der Waals surface area contributed by atoms with Crippen LogP contribution in [0, 0.1) is 0 Å². The van der Waals surface area contributed by atoms with Gasteiger partial charge in [-0.2, -0.15) is 0 Å². The molecule has 3 nitrogen and oxygen atoms in total. The third-order valence-corrected chi connectivity index (χ3v) is 4.40. The zero-order valence-electron chi connectivity index (χ0n) is 11.5. The molecule has 0 saturated carbocycles. The molecule has 21 heavy (non-hydrogen) atoms. The Kier molecular flexibility index (Phi) is 4.08. The second-order valence-corrected chi connectivity index (χ2v) is 5.86. The number of aliphatic hydroxyl groups is 1. The van der Waals surface area contributed by atoms with E-state index in [1.54, 1.807) is 11.8 Å². The number of nitrogen functional groups attached to an aromatic ring is 1. The monoisotopic (exact) mass is 296 g/mol. The summed E-state index contributed by atoms with van der Waals surface area (Å²) >= 11 is 1.71. The fourth-order valence-corrected chi connectivity index (χ4v) is 3.02. The third kappa shape index (κ3) is 3.17. The van der Waals surface area contributed by atoms with Crippen molar-refractivity contribution in [3.63, 3.8) is 0 Å². The van der Waals surface area contributed by atoms with Gasteiger partial charge in [-0.25, -0.2) is 4.98 Å². The first-order chi connectivity index (χ1) is 10.3. The van der Waals surface area contributed by atoms with Crippen LogP contribution in [0.4, 0.5) is 5.82 Å². The number of anilines is 1. The first-order valence-electron chi connectivity index (χ1n) is 6.73. The highest BCUT2D eigenvalue weighted by molar-refractivity contribution is 7.98. The summed E-state index contributed by atoms with van der Waals surface area (Å²) in [6.07, 6.45) is 0. The predicted octanol–water partition coefficient (Wildman–Crippen LogP) is 3.60. The number of hydrogen-bond donors (Lipinski definition) is 2. The van der Waals surface area contributed by atoms with Gasteiger partial charge >= 0.3 is 0 Å². The smallest absolute Gasteiger partial charge is 0.128 e. The fourth-order valence-electron chi connectivity index (χ4n) is 2.14. The van der Waals surface area contributed by atoms with Gasteiger partial charge in [0.15, 0.2) is 0 Å². The molecule has 0 fully saturated rings. The van der Waals surface area contributed by atoms with Gasteiger partial charge in [-0.3, -0.25) is 0 Å². The molecule has 1 aromatic heterocycles. The Hall–Kier alpha value is -2.04. The summed E-state index contributed by atoms with van der Waals surface area (Å²) < 4.78 is 0. The van der Waals surface area contributed by atoms with Crippen molar-refractivity contribution < 1.29 is 5.11 Å². The van der Waals surface area contributed by atoms with Gasteiger partial charge in [-0.05, 0) is 29.8 Å². The van der Waals surface area contributed by atoms with Crippen LogP contribution in [0.1, 0.15) is 11.1 Å². The summed E-state index contributed by atoms with van der Waals surface area (Å²) in [6, 6.07) is 18.0. The summed E-state index contributed by atoms with van der Waals surface area (Å²) in [5, 5.41) is 10.2. The van der Waals surface area contributed by atoms with Crippen molar-refractivity contribution in [2.75, 3.05) is 5.73 Å². The average molecular weight is 296 g/mol. The number of hydrogen-bond acceptors (Lipinski definition) is 4. The molecule has 3 aromatic rings. The predicted molar refractivity (Wildman–Crippen MR) is 88.1 cm³/mol. The number of pyridine rings is 1. The Balaban J connectivity index is 1.79. The first kappa shape index (κ1) is 13.9. The van der Waals surface area contributed by atoms with Crippen molar-refractivity contribution in [1.29, 1.82) is 0 Å². The van der Waals surface area contributed by atoms with E-state index in [4.69, 9.17) is 10.8 Å². The van der Waals surface area contributed by atoms with Gasteiger partial charge in [0.05, 0.1) is 12.1 Å². The van der Waals surface area contributed by atoms with Gasteiger partial charge in [-0.15, -0.1) is 11.8 Å². The number of para-hydroxylation sites is 1. The minimum atomic E-state index is 0.0759. The highest BCUT2D eigenvalue weighted by Gasteiger charge is 2.05. The van der Waals surface area contributed by atoms with Crippen molar-refractivity contribution in [3.05, 3.63) is 65.7 Å². The number of fused-ring (bicyclic) bond motifs is 1. The normalized spacial score (nSPS) is 10.9. The lowest BCUT2D eigenvalue weighted by Gasteiger charge is -2.07. The second-order valence-electron chi connectivity index (χ2n) is 4.82. The van der Waals surface area contributed by atoms with E-state index in [2.05, 4.69) is 11.1 Å². The van der Waals surface area contributed by atoms with Crippen molar-refractivity contribution in [2.24, 2.45) is 0 Å². The number of aromatic nitrogens is 1. The zero-order chi connectivity index (χ0) is 14.7. The quantitative estimate of drug-likeness (QED) is 0.722. The second kappa shape index (κ2) is 6.16. The summed E-state index contributed by atoms with van der Waals surface area (Å²) in [6.45, 7) is 0.0759. The Morgan fingerprint density at radius 1 is 1.05 bits per heavy atom. The third-order valence-electron chi connectivity index (χ3n) is 3.34. The van der Waals surface area contributed by atoms with Crippen molar-refractivity contribution in [3.8, 4) is 0 Å². The molecule has 0 aliphatic heterocycles. The fraction of sp³-hybridized carbons (Fsp3) is 0.118. The summed E-state index contributed by atoms with van der Waals surface area (Å²) in [5.41, 5.74) is 8.93. The SMILES string of the molecule is Nc1nc2ccccc2cc1CSc1ccc(CO)cc1. The molecule has 0 amide bonds. The van der Waals surface area contributed by atoms with E-state index in [0.717, 1.165) is 32.7 Å². The first-order valence-corrected chi connectivity index (χ1v) is 7.71. The maximum absolute atomic E-state index is 9.04. The van der Waals surface area contributed by atoms with Gasteiger partial charge in [-0.1, -0.05) is 30.3 Å². The van der Waals surface area contributed by atoms with Crippen LogP contribution in [0.15, 0.2) is 59.5 Å². The van der Waals surface area contributed by atoms with E-state index in [0.29, 0.717) is 5.82 Å². The lowest BCUT2D eigenvalue weighted by molar-refractivity contribution is 0.282. The Bertz CT molecular complexity index is 756. The van der Waals surface area contributed by atoms with E-state index < -0.39 is 0 Å². The van der Waals surface area contributed by atoms with Crippen LogP contribution in [0.2, 0.25) is 0 Å². The van der Waals surface area contributed by atoms with Crippen LogP contribution >= 0.6 is 11.8 Å². The van der Waals surface area contributed by atoms with Gasteiger partial charge < -0.3 is 10.8 Å². The van der Waals surface area contributed by atoms with Crippen LogP contribution in [-0.4, -0.2) is 10.1 Å². The van der Waals surface area contributed by atoms with E-state index in [-0.39, 0.29) is 6.61 Å². The molecule has 0 radical (unpaired) electrons. The number of aliphatic hydroxyl groups excluding tert-OH is 1. The molecule has 0 aliphatic rings. The molecule has 0 saturated heterocycles. The minimum Gasteiger partial charge on any atom is -0.392 e. The molecular weight excluding hydrogens is 280 g/mol. The molecule has 0 unspecified atom stereocenters. The van der Waals surface area contributed by atoms with E-state index >= 15 is 0 Å². The van der Waals surface area contributed by atoms with Gasteiger partial charge in [0.2, 0.25) is 0 Å². The molecular formula is C17H16N2OS. The molecule has 0 atom stereocenters. The molecule has 0 aliphatic carbocycles. The van der Waals surface area contributed by atoms with Crippen LogP contribution < -0.4 is 5.73 Å². The Morgan fingerprint density at radius 3 is 2.57 bits per heavy atom. The average Bonchev–Trinajstić information content (AvgIpc) is 2.53. The highest BCUT2D eigenvalue weighted by Crippen LogP contribution is 2.27. The van der Waals surface area contributed by atoms with Crippen LogP contribution in [0.5, 0.6) is 0 Å². The van der Waals surface area contributed by atoms with E-state index in [1.807, 2.05) is 48.5 Å². The number of nitrogens with zero attached hydrogens (tertiary/aromatic N) is 1. The van der Waals surface area contributed by atoms with Crippen LogP contribution in [-0.2, 0) is 12.4 Å². The lowest BCUT2D eigenvalue weighted by Crippen LogP contribution is -1.97. The largest absolute Gasteiger partial charge is 0.392 e. The molecule has 3 rings (SSSR count). The molecule has 3 N–H and O–H groups in total. The standard InChI is InChI=1S/C17H16N2OS/c18-17-14(9-13-3-1-2-4-16(13)19-17)11-21-15-7-5-12(10-20)6-8-15/h1-9,20H,10-11H2,(H2,18,19). The zero-order valence-corrected chi connectivity index (χ0v) is 12.3. The minimum absolute atomic E-state index is 0.0759. The van der Waals surface area contributed by atoms with Crippen LogP contribution in [0.3, 0.4) is 0 Å². The molecule has 4 heteroatoms. The molecule has 0 bridgehead atoms. The summed E-state index contributed by atoms with van der Waals surface area (Å²) in [5.74, 6) is 1.37. The molecule has 106 valence electrons. The number of thioether (sulfide) groups is 1. The number of benzene rings is 2.